The van der Waals surface area contributed by atoms with E-state index in [1.807, 2.05) is 36.4 Å². The Morgan fingerprint density at radius 3 is 2.45 bits per heavy atom. The van der Waals surface area contributed by atoms with Crippen LogP contribution < -0.4 is 0 Å². The molecule has 0 aliphatic carbocycles. The summed E-state index contributed by atoms with van der Waals surface area (Å²) in [7, 11) is 0. The molecule has 0 unspecified atom stereocenters. The van der Waals surface area contributed by atoms with Crippen molar-refractivity contribution < 1.29 is 9.90 Å². The summed E-state index contributed by atoms with van der Waals surface area (Å²) < 4.78 is 0. The number of nitrogens with one attached hydrogen (secondary N) is 1. The molecule has 20 heavy (non-hydrogen) atoms. The van der Waals surface area contributed by atoms with Crippen LogP contribution in [0.5, 0.6) is 0 Å². The molecule has 0 spiro atoms. The summed E-state index contributed by atoms with van der Waals surface area (Å²) in [4.78, 5) is 11.1. The van der Waals surface area contributed by atoms with Crippen LogP contribution >= 0.6 is 0 Å². The van der Waals surface area contributed by atoms with Gasteiger partial charge >= 0.3 is 5.97 Å². The van der Waals surface area contributed by atoms with Crippen molar-refractivity contribution in [3.8, 4) is 22.3 Å². The van der Waals surface area contributed by atoms with Gasteiger partial charge in [0, 0.05) is 11.8 Å². The highest BCUT2D eigenvalue weighted by molar-refractivity contribution is 5.93. The fourth-order valence-electron chi connectivity index (χ4n) is 2.18. The number of hydrogen-bond acceptors (Lipinski definition) is 2. The van der Waals surface area contributed by atoms with Crippen LogP contribution in [0.2, 0.25) is 0 Å². The molecule has 1 heterocycles. The molecule has 98 valence electrons. The normalized spacial score (nSPS) is 10.4. The van der Waals surface area contributed by atoms with E-state index in [1.165, 1.54) is 0 Å². The van der Waals surface area contributed by atoms with Gasteiger partial charge < -0.3 is 5.11 Å². The zero-order valence-electron chi connectivity index (χ0n) is 10.6. The van der Waals surface area contributed by atoms with Crippen LogP contribution in [0.15, 0.2) is 60.9 Å². The van der Waals surface area contributed by atoms with Crippen LogP contribution in [-0.2, 0) is 0 Å². The third-order valence-electron chi connectivity index (χ3n) is 3.16. The third kappa shape index (κ3) is 2.19. The van der Waals surface area contributed by atoms with Crippen molar-refractivity contribution in [1.82, 2.24) is 10.2 Å². The predicted octanol–water partition coefficient (Wildman–Crippen LogP) is 3.44. The highest BCUT2D eigenvalue weighted by Crippen LogP contribution is 2.32. The average molecular weight is 264 g/mol. The SMILES string of the molecule is O=C(O)c1ccc(-c2ccccc2)c(-c2cn[nH]c2)c1. The summed E-state index contributed by atoms with van der Waals surface area (Å²) in [5.74, 6) is -0.936. The first-order valence-electron chi connectivity index (χ1n) is 6.17. The van der Waals surface area contributed by atoms with Gasteiger partial charge in [0.1, 0.15) is 0 Å². The number of rotatable bonds is 3. The number of H-pyrrole nitrogens is 1. The number of nitrogens with zero attached hydrogens (tertiary/aromatic N) is 1. The lowest BCUT2D eigenvalue weighted by Crippen LogP contribution is -1.97. The van der Waals surface area contributed by atoms with E-state index in [2.05, 4.69) is 10.2 Å². The fraction of sp³-hybridized carbons (Fsp3) is 0. The maximum atomic E-state index is 11.1. The molecule has 2 N–H and O–H groups in total. The van der Waals surface area contributed by atoms with E-state index in [9.17, 15) is 4.79 Å². The quantitative estimate of drug-likeness (QED) is 0.761. The van der Waals surface area contributed by atoms with Crippen molar-refractivity contribution in [2.24, 2.45) is 0 Å². The van der Waals surface area contributed by atoms with Crippen molar-refractivity contribution in [2.45, 2.75) is 0 Å². The highest BCUT2D eigenvalue weighted by Gasteiger charge is 2.12. The first kappa shape index (κ1) is 12.2. The molecule has 0 fully saturated rings. The Bertz CT molecular complexity index is 734. The molecule has 0 amide bonds. The summed E-state index contributed by atoms with van der Waals surface area (Å²) >= 11 is 0. The summed E-state index contributed by atoms with van der Waals surface area (Å²) in [6, 6.07) is 15.0. The second-order valence-electron chi connectivity index (χ2n) is 4.42. The first-order chi connectivity index (χ1) is 9.75. The van der Waals surface area contributed by atoms with Gasteiger partial charge in [0.2, 0.25) is 0 Å². The lowest BCUT2D eigenvalue weighted by Gasteiger charge is -2.09. The Kier molecular flexibility index (Phi) is 3.05. The van der Waals surface area contributed by atoms with Crippen LogP contribution in [0, 0.1) is 0 Å². The Balaban J connectivity index is 2.22. The summed E-state index contributed by atoms with van der Waals surface area (Å²) in [5, 5.41) is 15.8. The maximum absolute atomic E-state index is 11.1. The van der Waals surface area contributed by atoms with Crippen molar-refractivity contribution in [2.75, 3.05) is 0 Å². The van der Waals surface area contributed by atoms with Crippen LogP contribution in [0.4, 0.5) is 0 Å². The molecular formula is C16H12N2O2. The Hall–Kier alpha value is -2.88. The smallest absolute Gasteiger partial charge is 0.335 e. The van der Waals surface area contributed by atoms with Crippen molar-refractivity contribution in [3.05, 3.63) is 66.5 Å². The monoisotopic (exact) mass is 264 g/mol. The second kappa shape index (κ2) is 5.01. The Morgan fingerprint density at radius 1 is 1.00 bits per heavy atom. The van der Waals surface area contributed by atoms with Crippen LogP contribution in [-0.4, -0.2) is 21.3 Å². The van der Waals surface area contributed by atoms with Gasteiger partial charge in [0.15, 0.2) is 0 Å². The highest BCUT2D eigenvalue weighted by atomic mass is 16.4. The molecule has 4 nitrogen and oxygen atoms in total. The number of aromatic carboxylic acids is 1. The van der Waals surface area contributed by atoms with E-state index in [0.29, 0.717) is 0 Å². The third-order valence-corrected chi connectivity index (χ3v) is 3.16. The summed E-state index contributed by atoms with van der Waals surface area (Å²) in [6.07, 6.45) is 3.45. The zero-order chi connectivity index (χ0) is 13.9. The molecular weight excluding hydrogens is 252 g/mol. The molecule has 0 aliphatic heterocycles. The van der Waals surface area contributed by atoms with Gasteiger partial charge in [0.25, 0.3) is 0 Å². The predicted molar refractivity (Wildman–Crippen MR) is 76.4 cm³/mol. The lowest BCUT2D eigenvalue weighted by molar-refractivity contribution is 0.0697. The topological polar surface area (TPSA) is 66.0 Å². The van der Waals surface area contributed by atoms with Gasteiger partial charge in [-0.2, -0.15) is 5.10 Å². The lowest BCUT2D eigenvalue weighted by atomic mass is 9.94. The minimum Gasteiger partial charge on any atom is -0.478 e. The van der Waals surface area contributed by atoms with Crippen molar-refractivity contribution >= 4 is 5.97 Å². The van der Waals surface area contributed by atoms with Gasteiger partial charge in [0.05, 0.1) is 11.8 Å². The largest absolute Gasteiger partial charge is 0.478 e. The van der Waals surface area contributed by atoms with Crippen LogP contribution in [0.25, 0.3) is 22.3 Å². The number of carbonyl (C=O) groups is 1. The van der Waals surface area contributed by atoms with Gasteiger partial charge in [-0.05, 0) is 28.8 Å². The van der Waals surface area contributed by atoms with Gasteiger partial charge in [-0.1, -0.05) is 36.4 Å². The Morgan fingerprint density at radius 2 is 1.80 bits per heavy atom. The average Bonchev–Trinajstić information content (AvgIpc) is 3.01. The van der Waals surface area contributed by atoms with Crippen LogP contribution in [0.3, 0.4) is 0 Å². The van der Waals surface area contributed by atoms with E-state index in [1.54, 1.807) is 24.5 Å². The molecule has 3 rings (SSSR count). The van der Waals surface area contributed by atoms with E-state index in [0.717, 1.165) is 22.3 Å². The van der Waals surface area contributed by atoms with E-state index >= 15 is 0 Å². The fourth-order valence-corrected chi connectivity index (χ4v) is 2.18. The Labute approximate surface area is 115 Å². The molecule has 0 bridgehead atoms. The number of benzene rings is 2. The molecule has 0 aliphatic rings. The summed E-state index contributed by atoms with van der Waals surface area (Å²) in [6.45, 7) is 0. The minimum absolute atomic E-state index is 0.265. The molecule has 0 saturated carbocycles. The van der Waals surface area contributed by atoms with Gasteiger partial charge in [-0.15, -0.1) is 0 Å². The number of carboxylic acids is 1. The van der Waals surface area contributed by atoms with Crippen molar-refractivity contribution in [1.29, 1.82) is 0 Å². The molecule has 0 radical (unpaired) electrons. The molecule has 3 aromatic rings. The standard InChI is InChI=1S/C16H12N2O2/c19-16(20)12-6-7-14(11-4-2-1-3-5-11)15(8-12)13-9-17-18-10-13/h1-10H,(H,17,18)(H,19,20). The molecule has 4 heteroatoms. The molecule has 0 atom stereocenters. The van der Waals surface area contributed by atoms with Crippen LogP contribution in [0.1, 0.15) is 10.4 Å². The second-order valence-corrected chi connectivity index (χ2v) is 4.42. The molecule has 0 saturated heterocycles. The van der Waals surface area contributed by atoms with Crippen molar-refractivity contribution in [3.63, 3.8) is 0 Å². The van der Waals surface area contributed by atoms with E-state index in [-0.39, 0.29) is 5.56 Å². The van der Waals surface area contributed by atoms with Gasteiger partial charge in [-0.3, -0.25) is 5.10 Å². The summed E-state index contributed by atoms with van der Waals surface area (Å²) in [5.41, 5.74) is 4.01. The number of aromatic nitrogens is 2. The van der Waals surface area contributed by atoms with E-state index in [4.69, 9.17) is 5.11 Å². The van der Waals surface area contributed by atoms with E-state index < -0.39 is 5.97 Å². The maximum Gasteiger partial charge on any atom is 0.335 e. The first-order valence-corrected chi connectivity index (χ1v) is 6.17. The number of aromatic amines is 1. The minimum atomic E-state index is -0.936. The number of carboxylic acid groups (broad SMARTS) is 1. The molecule has 2 aromatic carbocycles. The zero-order valence-corrected chi connectivity index (χ0v) is 10.6. The number of hydrogen-bond donors (Lipinski definition) is 2. The van der Waals surface area contributed by atoms with Gasteiger partial charge in [-0.25, -0.2) is 4.79 Å². The molecule has 1 aromatic heterocycles.